The summed E-state index contributed by atoms with van der Waals surface area (Å²) in [7, 11) is 0. The molecule has 4 nitrogen and oxygen atoms in total. The molecule has 0 aliphatic carbocycles. The number of nitrogens with zero attached hydrogens (tertiary/aromatic N) is 1. The highest BCUT2D eigenvalue weighted by Crippen LogP contribution is 2.18. The van der Waals surface area contributed by atoms with Crippen molar-refractivity contribution in [2.75, 3.05) is 11.4 Å². The van der Waals surface area contributed by atoms with Crippen LogP contribution >= 0.6 is 0 Å². The van der Waals surface area contributed by atoms with Crippen molar-refractivity contribution < 1.29 is 14.7 Å². The SMILES string of the molecule is CCCCC(=O)N(CCC(=O)O)c1cccc(C)c1. The van der Waals surface area contributed by atoms with Crippen LogP contribution in [0.4, 0.5) is 5.69 Å². The molecule has 4 heteroatoms. The predicted octanol–water partition coefficient (Wildman–Crippen LogP) is 2.99. The van der Waals surface area contributed by atoms with Crippen molar-refractivity contribution >= 4 is 17.6 Å². The number of carboxylic acid groups (broad SMARTS) is 1. The average molecular weight is 263 g/mol. The number of carbonyl (C=O) groups excluding carboxylic acids is 1. The molecule has 0 spiro atoms. The van der Waals surface area contributed by atoms with Crippen LogP contribution in [0.5, 0.6) is 0 Å². The summed E-state index contributed by atoms with van der Waals surface area (Å²) in [5.74, 6) is -0.894. The summed E-state index contributed by atoms with van der Waals surface area (Å²) in [5, 5.41) is 8.78. The van der Waals surface area contributed by atoms with Gasteiger partial charge >= 0.3 is 5.97 Å². The van der Waals surface area contributed by atoms with E-state index < -0.39 is 5.97 Å². The molecule has 1 amide bonds. The van der Waals surface area contributed by atoms with E-state index in [4.69, 9.17) is 5.11 Å². The van der Waals surface area contributed by atoms with Crippen molar-refractivity contribution in [1.29, 1.82) is 0 Å². The lowest BCUT2D eigenvalue weighted by molar-refractivity contribution is -0.136. The lowest BCUT2D eigenvalue weighted by Gasteiger charge is -2.22. The summed E-state index contributed by atoms with van der Waals surface area (Å²) in [5.41, 5.74) is 1.84. The Balaban J connectivity index is 2.84. The highest BCUT2D eigenvalue weighted by molar-refractivity contribution is 5.93. The smallest absolute Gasteiger partial charge is 0.305 e. The fourth-order valence-electron chi connectivity index (χ4n) is 1.86. The fraction of sp³-hybridized carbons (Fsp3) is 0.467. The summed E-state index contributed by atoms with van der Waals surface area (Å²) >= 11 is 0. The molecule has 104 valence electrons. The van der Waals surface area contributed by atoms with Crippen molar-refractivity contribution in [3.05, 3.63) is 29.8 Å². The topological polar surface area (TPSA) is 57.6 Å². The van der Waals surface area contributed by atoms with Crippen LogP contribution in [-0.4, -0.2) is 23.5 Å². The number of aryl methyl sites for hydroxylation is 1. The molecule has 1 aromatic carbocycles. The van der Waals surface area contributed by atoms with E-state index in [-0.39, 0.29) is 18.9 Å². The summed E-state index contributed by atoms with van der Waals surface area (Å²) < 4.78 is 0. The second-order valence-electron chi connectivity index (χ2n) is 4.63. The van der Waals surface area contributed by atoms with E-state index in [1.165, 1.54) is 0 Å². The minimum absolute atomic E-state index is 0.00583. The minimum atomic E-state index is -0.888. The van der Waals surface area contributed by atoms with Gasteiger partial charge in [0.15, 0.2) is 0 Å². The first-order chi connectivity index (χ1) is 9.04. The number of carbonyl (C=O) groups is 2. The van der Waals surface area contributed by atoms with Gasteiger partial charge in [0, 0.05) is 18.7 Å². The number of unbranched alkanes of at least 4 members (excludes halogenated alkanes) is 1. The quantitative estimate of drug-likeness (QED) is 0.822. The Morgan fingerprint density at radius 1 is 1.26 bits per heavy atom. The molecule has 0 aromatic heterocycles. The number of benzene rings is 1. The van der Waals surface area contributed by atoms with Gasteiger partial charge in [0.1, 0.15) is 0 Å². The highest BCUT2D eigenvalue weighted by Gasteiger charge is 2.16. The molecule has 0 bridgehead atoms. The Morgan fingerprint density at radius 3 is 2.58 bits per heavy atom. The number of rotatable bonds is 7. The summed E-state index contributed by atoms with van der Waals surface area (Å²) in [6.07, 6.45) is 2.20. The average Bonchev–Trinajstić information content (AvgIpc) is 2.36. The van der Waals surface area contributed by atoms with Gasteiger partial charge < -0.3 is 10.0 Å². The number of amides is 1. The first-order valence-electron chi connectivity index (χ1n) is 6.63. The first-order valence-corrected chi connectivity index (χ1v) is 6.63. The Kier molecular flexibility index (Phi) is 6.06. The van der Waals surface area contributed by atoms with Gasteiger partial charge in [-0.25, -0.2) is 0 Å². The van der Waals surface area contributed by atoms with Crippen LogP contribution in [0.15, 0.2) is 24.3 Å². The van der Waals surface area contributed by atoms with E-state index in [1.54, 1.807) is 4.90 Å². The zero-order valence-electron chi connectivity index (χ0n) is 11.6. The van der Waals surface area contributed by atoms with E-state index in [0.717, 1.165) is 24.1 Å². The van der Waals surface area contributed by atoms with Gasteiger partial charge in [-0.1, -0.05) is 25.5 Å². The normalized spacial score (nSPS) is 10.2. The second kappa shape index (κ2) is 7.56. The van der Waals surface area contributed by atoms with Crippen LogP contribution < -0.4 is 4.90 Å². The Morgan fingerprint density at radius 2 is 2.00 bits per heavy atom. The van der Waals surface area contributed by atoms with Gasteiger partial charge in [0.05, 0.1) is 6.42 Å². The molecule has 0 atom stereocenters. The largest absolute Gasteiger partial charge is 0.481 e. The maximum atomic E-state index is 12.2. The maximum Gasteiger partial charge on any atom is 0.305 e. The molecule has 0 aliphatic heterocycles. The zero-order valence-corrected chi connectivity index (χ0v) is 11.6. The standard InChI is InChI=1S/C15H21NO3/c1-3-4-8-14(17)16(10-9-15(18)19)13-7-5-6-12(2)11-13/h5-7,11H,3-4,8-10H2,1-2H3,(H,18,19). The summed E-state index contributed by atoms with van der Waals surface area (Å²) in [6.45, 7) is 4.21. The minimum Gasteiger partial charge on any atom is -0.481 e. The van der Waals surface area contributed by atoms with Crippen LogP contribution in [0.3, 0.4) is 0 Å². The zero-order chi connectivity index (χ0) is 14.3. The molecule has 0 saturated carbocycles. The summed E-state index contributed by atoms with van der Waals surface area (Å²) in [6, 6.07) is 7.59. The van der Waals surface area contributed by atoms with E-state index in [0.29, 0.717) is 6.42 Å². The van der Waals surface area contributed by atoms with Crippen LogP contribution in [0, 0.1) is 6.92 Å². The predicted molar refractivity (Wildman–Crippen MR) is 75.3 cm³/mol. The van der Waals surface area contributed by atoms with Gasteiger partial charge in [0.2, 0.25) is 5.91 Å². The van der Waals surface area contributed by atoms with Crippen LogP contribution in [0.25, 0.3) is 0 Å². The number of hydrogen-bond donors (Lipinski definition) is 1. The van der Waals surface area contributed by atoms with Crippen molar-refractivity contribution in [3.8, 4) is 0 Å². The lowest BCUT2D eigenvalue weighted by atomic mass is 10.1. The van der Waals surface area contributed by atoms with Crippen LogP contribution in [0.1, 0.15) is 38.2 Å². The van der Waals surface area contributed by atoms with Gasteiger partial charge in [-0.2, -0.15) is 0 Å². The molecule has 1 aromatic rings. The molecule has 1 rings (SSSR count). The molecular weight excluding hydrogens is 242 g/mol. The van der Waals surface area contributed by atoms with Gasteiger partial charge in [-0.3, -0.25) is 9.59 Å². The van der Waals surface area contributed by atoms with E-state index >= 15 is 0 Å². The van der Waals surface area contributed by atoms with Crippen LogP contribution in [0.2, 0.25) is 0 Å². The Bertz CT molecular complexity index is 443. The number of aliphatic carboxylic acids is 1. The third-order valence-corrected chi connectivity index (χ3v) is 2.91. The number of carboxylic acids is 1. The number of anilines is 1. The van der Waals surface area contributed by atoms with Crippen molar-refractivity contribution in [2.45, 2.75) is 39.5 Å². The Labute approximate surface area is 114 Å². The third kappa shape index (κ3) is 5.12. The van der Waals surface area contributed by atoms with Crippen LogP contribution in [-0.2, 0) is 9.59 Å². The van der Waals surface area contributed by atoms with E-state index in [9.17, 15) is 9.59 Å². The monoisotopic (exact) mass is 263 g/mol. The van der Waals surface area contributed by atoms with E-state index in [2.05, 4.69) is 0 Å². The molecule has 0 radical (unpaired) electrons. The van der Waals surface area contributed by atoms with Gasteiger partial charge in [-0.05, 0) is 31.0 Å². The molecule has 0 fully saturated rings. The Hall–Kier alpha value is -1.84. The maximum absolute atomic E-state index is 12.2. The fourth-order valence-corrected chi connectivity index (χ4v) is 1.86. The number of hydrogen-bond acceptors (Lipinski definition) is 2. The molecule has 0 saturated heterocycles. The molecule has 0 unspecified atom stereocenters. The molecule has 0 aliphatic rings. The molecular formula is C15H21NO3. The second-order valence-corrected chi connectivity index (χ2v) is 4.63. The molecule has 0 heterocycles. The summed E-state index contributed by atoms with van der Waals surface area (Å²) in [4.78, 5) is 24.4. The lowest BCUT2D eigenvalue weighted by Crippen LogP contribution is -2.32. The highest BCUT2D eigenvalue weighted by atomic mass is 16.4. The van der Waals surface area contributed by atoms with Crippen molar-refractivity contribution in [2.24, 2.45) is 0 Å². The third-order valence-electron chi connectivity index (χ3n) is 2.91. The van der Waals surface area contributed by atoms with Crippen molar-refractivity contribution in [3.63, 3.8) is 0 Å². The van der Waals surface area contributed by atoms with Crippen molar-refractivity contribution in [1.82, 2.24) is 0 Å². The van der Waals surface area contributed by atoms with E-state index in [1.807, 2.05) is 38.1 Å². The van der Waals surface area contributed by atoms with Gasteiger partial charge in [-0.15, -0.1) is 0 Å². The first kappa shape index (κ1) is 15.2. The molecule has 1 N–H and O–H groups in total. The molecule has 19 heavy (non-hydrogen) atoms. The van der Waals surface area contributed by atoms with Gasteiger partial charge in [0.25, 0.3) is 0 Å².